The topological polar surface area (TPSA) is 74.0 Å². The Morgan fingerprint density at radius 2 is 1.93 bits per heavy atom. The molecule has 1 N–H and O–H groups in total. The molecule has 0 aliphatic carbocycles. The van der Waals surface area contributed by atoms with Crippen LogP contribution < -0.4 is 4.90 Å². The van der Waals surface area contributed by atoms with Crippen LogP contribution in [0.25, 0.3) is 16.7 Å². The lowest BCUT2D eigenvalue weighted by Crippen LogP contribution is -3.06. The molecule has 0 aliphatic heterocycles. The second-order valence-electron chi connectivity index (χ2n) is 7.48. The van der Waals surface area contributed by atoms with Gasteiger partial charge in [0.1, 0.15) is 12.0 Å². The molecular formula is C21H26N7O+. The van der Waals surface area contributed by atoms with Gasteiger partial charge in [0.25, 0.3) is 0 Å². The van der Waals surface area contributed by atoms with Gasteiger partial charge in [-0.3, -0.25) is 0 Å². The SMILES string of the molecule is Cc1c(C)n(CC[NH+](C)C)c2ncn3nc(CO/N=C\c4ccccc4)nc3c12. The highest BCUT2D eigenvalue weighted by Crippen LogP contribution is 2.26. The van der Waals surface area contributed by atoms with E-state index < -0.39 is 0 Å². The van der Waals surface area contributed by atoms with Gasteiger partial charge in [0.2, 0.25) is 0 Å². The first-order valence-corrected chi connectivity index (χ1v) is 9.73. The number of aromatic nitrogens is 5. The maximum atomic E-state index is 5.39. The normalized spacial score (nSPS) is 12.0. The van der Waals surface area contributed by atoms with Crippen molar-refractivity contribution in [3.8, 4) is 0 Å². The van der Waals surface area contributed by atoms with Crippen molar-refractivity contribution in [1.82, 2.24) is 24.1 Å². The number of hydrogen-bond acceptors (Lipinski definition) is 5. The van der Waals surface area contributed by atoms with Gasteiger partial charge in [-0.25, -0.2) is 14.5 Å². The molecule has 0 unspecified atom stereocenters. The minimum atomic E-state index is 0.204. The van der Waals surface area contributed by atoms with E-state index in [2.05, 4.69) is 47.7 Å². The van der Waals surface area contributed by atoms with Gasteiger partial charge in [-0.2, -0.15) is 0 Å². The molecule has 4 rings (SSSR count). The molecule has 0 bridgehead atoms. The Bertz CT molecular complexity index is 1160. The van der Waals surface area contributed by atoms with Crippen molar-refractivity contribution in [1.29, 1.82) is 0 Å². The fourth-order valence-electron chi connectivity index (χ4n) is 3.38. The molecule has 0 saturated heterocycles. The van der Waals surface area contributed by atoms with Crippen LogP contribution in [0.3, 0.4) is 0 Å². The van der Waals surface area contributed by atoms with Crippen molar-refractivity contribution in [3.05, 3.63) is 59.3 Å². The number of rotatable bonds is 7. The first-order valence-electron chi connectivity index (χ1n) is 9.73. The number of quaternary nitrogens is 1. The number of hydrogen-bond donors (Lipinski definition) is 1. The standard InChI is InChI=1S/C21H25N7O/c1-15-16(2)27(11-10-26(3)4)20-19(15)21-24-18(25-28(21)14-22-20)13-29-23-12-17-8-6-5-7-9-17/h5-9,12,14H,10-11,13H2,1-4H3/p+1/b23-12-. The summed E-state index contributed by atoms with van der Waals surface area (Å²) in [5, 5.41) is 9.55. The van der Waals surface area contributed by atoms with E-state index >= 15 is 0 Å². The van der Waals surface area contributed by atoms with E-state index in [0.717, 1.165) is 35.3 Å². The van der Waals surface area contributed by atoms with Crippen LogP contribution >= 0.6 is 0 Å². The van der Waals surface area contributed by atoms with Gasteiger partial charge in [0.05, 0.1) is 38.8 Å². The molecule has 0 atom stereocenters. The lowest BCUT2D eigenvalue weighted by atomic mass is 10.2. The second kappa shape index (κ2) is 8.00. The summed E-state index contributed by atoms with van der Waals surface area (Å²) in [7, 11) is 4.31. The van der Waals surface area contributed by atoms with Crippen LogP contribution in [0.4, 0.5) is 0 Å². The Balaban J connectivity index is 1.59. The van der Waals surface area contributed by atoms with E-state index in [9.17, 15) is 0 Å². The van der Waals surface area contributed by atoms with E-state index in [1.165, 1.54) is 16.2 Å². The number of nitrogens with zero attached hydrogens (tertiary/aromatic N) is 6. The Morgan fingerprint density at radius 1 is 1.14 bits per heavy atom. The zero-order valence-corrected chi connectivity index (χ0v) is 17.3. The van der Waals surface area contributed by atoms with Crippen LogP contribution in [0.2, 0.25) is 0 Å². The van der Waals surface area contributed by atoms with Crippen molar-refractivity contribution in [3.63, 3.8) is 0 Å². The summed E-state index contributed by atoms with van der Waals surface area (Å²) in [4.78, 5) is 16.2. The summed E-state index contributed by atoms with van der Waals surface area (Å²) in [6.07, 6.45) is 3.40. The van der Waals surface area contributed by atoms with Gasteiger partial charge in [0, 0.05) is 5.69 Å². The Morgan fingerprint density at radius 3 is 2.69 bits per heavy atom. The molecular weight excluding hydrogens is 366 g/mol. The van der Waals surface area contributed by atoms with E-state index in [1.54, 1.807) is 17.1 Å². The first kappa shape index (κ1) is 19.1. The van der Waals surface area contributed by atoms with Crippen LogP contribution in [0, 0.1) is 13.8 Å². The summed E-state index contributed by atoms with van der Waals surface area (Å²) >= 11 is 0. The number of oxime groups is 1. The third-order valence-electron chi connectivity index (χ3n) is 5.09. The summed E-state index contributed by atoms with van der Waals surface area (Å²) in [6, 6.07) is 9.81. The van der Waals surface area contributed by atoms with Gasteiger partial charge in [-0.15, -0.1) is 5.10 Å². The molecule has 1 aromatic carbocycles. The summed E-state index contributed by atoms with van der Waals surface area (Å²) in [5.74, 6) is 0.576. The number of likely N-dealkylation sites (N-methyl/N-ethyl adjacent to an activating group) is 1. The molecule has 29 heavy (non-hydrogen) atoms. The van der Waals surface area contributed by atoms with Crippen molar-refractivity contribution in [2.24, 2.45) is 5.16 Å². The Hall–Kier alpha value is -3.26. The van der Waals surface area contributed by atoms with Crippen LogP contribution in [-0.4, -0.2) is 51.0 Å². The van der Waals surface area contributed by atoms with E-state index in [0.29, 0.717) is 5.82 Å². The molecule has 0 spiro atoms. The van der Waals surface area contributed by atoms with Crippen LogP contribution in [0.15, 0.2) is 41.8 Å². The smallest absolute Gasteiger partial charge is 0.192 e. The van der Waals surface area contributed by atoms with E-state index in [-0.39, 0.29) is 6.61 Å². The third kappa shape index (κ3) is 3.84. The molecule has 3 aromatic heterocycles. The minimum absolute atomic E-state index is 0.204. The van der Waals surface area contributed by atoms with E-state index in [1.807, 2.05) is 30.3 Å². The zero-order chi connectivity index (χ0) is 20.4. The van der Waals surface area contributed by atoms with E-state index in [4.69, 9.17) is 9.82 Å². The van der Waals surface area contributed by atoms with Gasteiger partial charge >= 0.3 is 0 Å². The predicted molar refractivity (Wildman–Crippen MR) is 112 cm³/mol. The quantitative estimate of drug-likeness (QED) is 0.381. The lowest BCUT2D eigenvalue weighted by Gasteiger charge is -2.10. The molecule has 0 aliphatic rings. The average molecular weight is 392 g/mol. The maximum Gasteiger partial charge on any atom is 0.192 e. The van der Waals surface area contributed by atoms with Crippen molar-refractivity contribution < 1.29 is 9.74 Å². The molecule has 0 amide bonds. The molecule has 8 heteroatoms. The van der Waals surface area contributed by atoms with Crippen molar-refractivity contribution in [2.45, 2.75) is 27.0 Å². The predicted octanol–water partition coefficient (Wildman–Crippen LogP) is 1.39. The molecule has 4 aromatic rings. The summed E-state index contributed by atoms with van der Waals surface area (Å²) < 4.78 is 3.99. The van der Waals surface area contributed by atoms with Gasteiger partial charge in [0.15, 0.2) is 18.1 Å². The van der Waals surface area contributed by atoms with Gasteiger partial charge < -0.3 is 14.3 Å². The number of benzene rings is 1. The van der Waals surface area contributed by atoms with Crippen LogP contribution in [0.5, 0.6) is 0 Å². The fraction of sp³-hybridized carbons (Fsp3) is 0.333. The summed E-state index contributed by atoms with van der Waals surface area (Å²) in [6.45, 7) is 6.40. The summed E-state index contributed by atoms with van der Waals surface area (Å²) in [5.41, 5.74) is 5.14. The molecule has 0 fully saturated rings. The molecule has 0 saturated carbocycles. The maximum absolute atomic E-state index is 5.39. The van der Waals surface area contributed by atoms with Gasteiger partial charge in [-0.1, -0.05) is 35.5 Å². The minimum Gasteiger partial charge on any atom is -0.387 e. The van der Waals surface area contributed by atoms with Crippen molar-refractivity contribution in [2.75, 3.05) is 20.6 Å². The first-order chi connectivity index (χ1) is 14.0. The van der Waals surface area contributed by atoms with Crippen LogP contribution in [-0.2, 0) is 18.0 Å². The van der Waals surface area contributed by atoms with Crippen LogP contribution in [0.1, 0.15) is 22.6 Å². The molecule has 0 radical (unpaired) electrons. The Kier molecular flexibility index (Phi) is 5.26. The highest BCUT2D eigenvalue weighted by atomic mass is 16.6. The molecule has 3 heterocycles. The molecule has 150 valence electrons. The number of aryl methyl sites for hydroxylation is 1. The highest BCUT2D eigenvalue weighted by Gasteiger charge is 2.18. The Labute approximate surface area is 169 Å². The lowest BCUT2D eigenvalue weighted by molar-refractivity contribution is -0.858. The fourth-order valence-corrected chi connectivity index (χ4v) is 3.38. The second-order valence-corrected chi connectivity index (χ2v) is 7.48. The number of fused-ring (bicyclic) bond motifs is 3. The van der Waals surface area contributed by atoms with Gasteiger partial charge in [-0.05, 0) is 25.0 Å². The average Bonchev–Trinajstić information content (AvgIpc) is 3.23. The monoisotopic (exact) mass is 392 g/mol. The highest BCUT2D eigenvalue weighted by molar-refractivity contribution is 5.93. The third-order valence-corrected chi connectivity index (χ3v) is 5.09. The molecule has 8 nitrogen and oxygen atoms in total. The zero-order valence-electron chi connectivity index (χ0n) is 17.3. The largest absolute Gasteiger partial charge is 0.387 e. The number of nitrogens with one attached hydrogen (secondary N) is 1. The van der Waals surface area contributed by atoms with Crippen molar-refractivity contribution >= 4 is 22.9 Å².